The zero-order valence-electron chi connectivity index (χ0n) is 7.54. The third-order valence-corrected chi connectivity index (χ3v) is 3.22. The van der Waals surface area contributed by atoms with E-state index in [9.17, 15) is 4.79 Å². The molecule has 1 saturated carbocycles. The highest BCUT2D eigenvalue weighted by Crippen LogP contribution is 2.27. The number of aldehydes is 1. The lowest BCUT2D eigenvalue weighted by Crippen LogP contribution is -2.53. The molecule has 2 rings (SSSR count). The van der Waals surface area contributed by atoms with Crippen molar-refractivity contribution in [3.05, 3.63) is 0 Å². The lowest BCUT2D eigenvalue weighted by molar-refractivity contribution is -0.117. The van der Waals surface area contributed by atoms with Crippen molar-refractivity contribution >= 4 is 6.29 Å². The molecule has 2 fully saturated rings. The molecule has 0 unspecified atom stereocenters. The standard InChI is InChI=1S/C10H17NO/c12-8-9-6-11(7-9)10-4-2-1-3-5-10/h8-10H,1-7H2. The Morgan fingerprint density at radius 3 is 2.33 bits per heavy atom. The van der Waals surface area contributed by atoms with E-state index in [1.807, 2.05) is 0 Å². The fraction of sp³-hybridized carbons (Fsp3) is 0.900. The fourth-order valence-corrected chi connectivity index (χ4v) is 2.38. The lowest BCUT2D eigenvalue weighted by atomic mass is 9.89. The average Bonchev–Trinajstić information content (AvgIpc) is 2.04. The van der Waals surface area contributed by atoms with Gasteiger partial charge in [0, 0.05) is 25.0 Å². The maximum absolute atomic E-state index is 10.4. The van der Waals surface area contributed by atoms with Crippen LogP contribution in [0.2, 0.25) is 0 Å². The third-order valence-electron chi connectivity index (χ3n) is 3.22. The Labute approximate surface area is 73.9 Å². The minimum Gasteiger partial charge on any atom is -0.303 e. The molecule has 1 heterocycles. The van der Waals surface area contributed by atoms with Gasteiger partial charge >= 0.3 is 0 Å². The molecule has 0 aromatic heterocycles. The van der Waals surface area contributed by atoms with Crippen molar-refractivity contribution in [2.45, 2.75) is 38.1 Å². The van der Waals surface area contributed by atoms with Crippen LogP contribution in [-0.4, -0.2) is 30.3 Å². The summed E-state index contributed by atoms with van der Waals surface area (Å²) in [5, 5.41) is 0. The van der Waals surface area contributed by atoms with Gasteiger partial charge in [-0.3, -0.25) is 4.90 Å². The second-order valence-electron chi connectivity index (χ2n) is 4.14. The molecule has 0 atom stereocenters. The second kappa shape index (κ2) is 3.56. The number of carbonyl (C=O) groups excluding carboxylic acids is 1. The van der Waals surface area contributed by atoms with E-state index in [-0.39, 0.29) is 0 Å². The molecule has 0 N–H and O–H groups in total. The highest BCUT2D eigenvalue weighted by Gasteiger charge is 2.32. The number of rotatable bonds is 2. The molecule has 2 heteroatoms. The molecule has 0 amide bonds. The Morgan fingerprint density at radius 2 is 1.75 bits per heavy atom. The molecule has 68 valence electrons. The summed E-state index contributed by atoms with van der Waals surface area (Å²) in [6, 6.07) is 0.815. The van der Waals surface area contributed by atoms with Gasteiger partial charge in [-0.1, -0.05) is 19.3 Å². The lowest BCUT2D eigenvalue weighted by Gasteiger charge is -2.43. The third kappa shape index (κ3) is 1.53. The van der Waals surface area contributed by atoms with Crippen molar-refractivity contribution in [2.75, 3.05) is 13.1 Å². The summed E-state index contributed by atoms with van der Waals surface area (Å²) >= 11 is 0. The van der Waals surface area contributed by atoms with Crippen molar-refractivity contribution in [1.29, 1.82) is 0 Å². The van der Waals surface area contributed by atoms with Gasteiger partial charge in [0.2, 0.25) is 0 Å². The molecule has 0 aromatic rings. The first-order chi connectivity index (χ1) is 5.90. The van der Waals surface area contributed by atoms with E-state index in [2.05, 4.69) is 4.90 Å². The van der Waals surface area contributed by atoms with Crippen LogP contribution >= 0.6 is 0 Å². The van der Waals surface area contributed by atoms with Gasteiger partial charge in [0.05, 0.1) is 0 Å². The number of nitrogens with zero attached hydrogens (tertiary/aromatic N) is 1. The molecule has 0 aromatic carbocycles. The average molecular weight is 167 g/mol. The van der Waals surface area contributed by atoms with Crippen LogP contribution in [0.3, 0.4) is 0 Å². The Bertz CT molecular complexity index is 157. The molecule has 1 aliphatic heterocycles. The second-order valence-corrected chi connectivity index (χ2v) is 4.14. The summed E-state index contributed by atoms with van der Waals surface area (Å²) in [6.07, 6.45) is 8.05. The van der Waals surface area contributed by atoms with Gasteiger partial charge in [0.15, 0.2) is 0 Å². The molecule has 1 saturated heterocycles. The Balaban J connectivity index is 1.75. The van der Waals surface area contributed by atoms with Gasteiger partial charge in [-0.05, 0) is 12.8 Å². The fourth-order valence-electron chi connectivity index (χ4n) is 2.38. The van der Waals surface area contributed by atoms with Crippen molar-refractivity contribution in [1.82, 2.24) is 4.90 Å². The van der Waals surface area contributed by atoms with E-state index in [0.717, 1.165) is 25.4 Å². The smallest absolute Gasteiger partial charge is 0.125 e. The Hall–Kier alpha value is -0.370. The maximum atomic E-state index is 10.4. The highest BCUT2D eigenvalue weighted by molar-refractivity contribution is 5.55. The van der Waals surface area contributed by atoms with Crippen molar-refractivity contribution in [2.24, 2.45) is 5.92 Å². The molecule has 0 radical (unpaired) electrons. The monoisotopic (exact) mass is 167 g/mol. The molecular weight excluding hydrogens is 150 g/mol. The van der Waals surface area contributed by atoms with E-state index in [1.165, 1.54) is 32.1 Å². The summed E-state index contributed by atoms with van der Waals surface area (Å²) in [6.45, 7) is 2.07. The first-order valence-electron chi connectivity index (χ1n) is 5.09. The topological polar surface area (TPSA) is 20.3 Å². The zero-order chi connectivity index (χ0) is 8.39. The van der Waals surface area contributed by atoms with Gasteiger partial charge in [0.25, 0.3) is 0 Å². The van der Waals surface area contributed by atoms with Gasteiger partial charge in [0.1, 0.15) is 6.29 Å². The number of hydrogen-bond donors (Lipinski definition) is 0. The van der Waals surface area contributed by atoms with Crippen LogP contribution in [-0.2, 0) is 4.79 Å². The molecule has 2 nitrogen and oxygen atoms in total. The SMILES string of the molecule is O=CC1CN(C2CCCCC2)C1. The Morgan fingerprint density at radius 1 is 1.08 bits per heavy atom. The Kier molecular flexibility index (Phi) is 2.45. The normalized spacial score (nSPS) is 28.3. The van der Waals surface area contributed by atoms with Crippen LogP contribution in [0, 0.1) is 5.92 Å². The van der Waals surface area contributed by atoms with E-state index >= 15 is 0 Å². The van der Waals surface area contributed by atoms with Crippen LogP contribution in [0.5, 0.6) is 0 Å². The molecule has 0 spiro atoms. The van der Waals surface area contributed by atoms with Gasteiger partial charge in [-0.25, -0.2) is 0 Å². The van der Waals surface area contributed by atoms with E-state index in [1.54, 1.807) is 0 Å². The zero-order valence-corrected chi connectivity index (χ0v) is 7.54. The number of hydrogen-bond acceptors (Lipinski definition) is 2. The first-order valence-corrected chi connectivity index (χ1v) is 5.09. The maximum Gasteiger partial charge on any atom is 0.125 e. The molecule has 0 bridgehead atoms. The van der Waals surface area contributed by atoms with E-state index < -0.39 is 0 Å². The van der Waals surface area contributed by atoms with E-state index in [4.69, 9.17) is 0 Å². The largest absolute Gasteiger partial charge is 0.303 e. The first kappa shape index (κ1) is 8.24. The summed E-state index contributed by atoms with van der Waals surface area (Å²) in [5.41, 5.74) is 0. The van der Waals surface area contributed by atoms with Gasteiger partial charge in [-0.15, -0.1) is 0 Å². The van der Waals surface area contributed by atoms with E-state index in [0.29, 0.717) is 5.92 Å². The minimum atomic E-state index is 0.354. The molecule has 12 heavy (non-hydrogen) atoms. The predicted molar refractivity (Wildman–Crippen MR) is 48.0 cm³/mol. The molecular formula is C10H17NO. The summed E-state index contributed by atoms with van der Waals surface area (Å²) in [7, 11) is 0. The van der Waals surface area contributed by atoms with Crippen LogP contribution in [0.4, 0.5) is 0 Å². The van der Waals surface area contributed by atoms with Crippen LogP contribution < -0.4 is 0 Å². The summed E-state index contributed by atoms with van der Waals surface area (Å²) < 4.78 is 0. The van der Waals surface area contributed by atoms with Crippen LogP contribution in [0.1, 0.15) is 32.1 Å². The summed E-state index contributed by atoms with van der Waals surface area (Å²) in [4.78, 5) is 12.9. The van der Waals surface area contributed by atoms with Crippen molar-refractivity contribution in [3.8, 4) is 0 Å². The van der Waals surface area contributed by atoms with Crippen LogP contribution in [0.25, 0.3) is 0 Å². The highest BCUT2D eigenvalue weighted by atomic mass is 16.1. The van der Waals surface area contributed by atoms with Crippen LogP contribution in [0.15, 0.2) is 0 Å². The minimum absolute atomic E-state index is 0.354. The molecule has 2 aliphatic rings. The van der Waals surface area contributed by atoms with Crippen molar-refractivity contribution in [3.63, 3.8) is 0 Å². The van der Waals surface area contributed by atoms with Crippen molar-refractivity contribution < 1.29 is 4.79 Å². The van der Waals surface area contributed by atoms with Gasteiger partial charge in [-0.2, -0.15) is 0 Å². The molecule has 1 aliphatic carbocycles. The number of likely N-dealkylation sites (tertiary alicyclic amines) is 1. The number of carbonyl (C=O) groups is 1. The quantitative estimate of drug-likeness (QED) is 0.580. The van der Waals surface area contributed by atoms with Gasteiger partial charge < -0.3 is 4.79 Å². The predicted octanol–water partition coefficient (Wildman–Crippen LogP) is 1.45. The summed E-state index contributed by atoms with van der Waals surface area (Å²) in [5.74, 6) is 0.354.